The largest absolute Gasteiger partial charge is 0.444 e. The summed E-state index contributed by atoms with van der Waals surface area (Å²) in [7, 11) is 0. The van der Waals surface area contributed by atoms with Crippen LogP contribution >= 0.6 is 12.6 Å². The Kier molecular flexibility index (Phi) is 10.9. The first-order valence-electron chi connectivity index (χ1n) is 11.9. The second kappa shape index (κ2) is 12.5. The maximum Gasteiger partial charge on any atom is 0.408 e. The normalized spacial score (nSPS) is 13.6. The molecule has 2 N–H and O–H groups in total. The second-order valence-corrected chi connectivity index (χ2v) is 11.0. The van der Waals surface area contributed by atoms with Gasteiger partial charge in [0.1, 0.15) is 17.7 Å². The lowest BCUT2D eigenvalue weighted by atomic mass is 9.93. The lowest BCUT2D eigenvalue weighted by Gasteiger charge is -2.43. The van der Waals surface area contributed by atoms with Crippen LogP contribution in [0.1, 0.15) is 84.0 Å². The van der Waals surface area contributed by atoms with Crippen LogP contribution in [0, 0.1) is 13.8 Å². The van der Waals surface area contributed by atoms with Gasteiger partial charge in [-0.1, -0.05) is 31.5 Å². The molecular formula is C26H43N3O4S. The molecule has 0 radical (unpaired) electrons. The van der Waals surface area contributed by atoms with E-state index in [1.54, 1.807) is 25.7 Å². The molecule has 0 aliphatic heterocycles. The van der Waals surface area contributed by atoms with Crippen LogP contribution in [-0.4, -0.2) is 52.3 Å². The summed E-state index contributed by atoms with van der Waals surface area (Å²) in [5.74, 6) is -0.598. The molecule has 2 atom stereocenters. The zero-order valence-electron chi connectivity index (χ0n) is 22.2. The van der Waals surface area contributed by atoms with E-state index in [2.05, 4.69) is 30.2 Å². The highest BCUT2D eigenvalue weighted by molar-refractivity contribution is 7.80. The summed E-state index contributed by atoms with van der Waals surface area (Å²) in [5.41, 5.74) is 1.42. The van der Waals surface area contributed by atoms with Crippen molar-refractivity contribution >= 4 is 30.5 Å². The van der Waals surface area contributed by atoms with Crippen molar-refractivity contribution in [3.05, 3.63) is 34.9 Å². The minimum atomic E-state index is -0.963. The predicted octanol–water partition coefficient (Wildman–Crippen LogP) is 4.71. The summed E-state index contributed by atoms with van der Waals surface area (Å²) < 4.78 is 5.34. The Morgan fingerprint density at radius 3 is 2.15 bits per heavy atom. The molecule has 192 valence electrons. The number of rotatable bonds is 9. The fourth-order valence-electron chi connectivity index (χ4n) is 3.49. The number of hydrogen-bond acceptors (Lipinski definition) is 5. The number of unbranched alkanes of at least 4 members (excludes halogenated alkanes) is 1. The Balaban J connectivity index is 3.46. The van der Waals surface area contributed by atoms with Crippen LogP contribution in [-0.2, 0) is 14.3 Å². The summed E-state index contributed by atoms with van der Waals surface area (Å²) in [5, 5.41) is 5.62. The molecule has 0 saturated carbocycles. The molecule has 2 unspecified atom stereocenters. The number of ether oxygens (including phenoxy) is 1. The molecular weight excluding hydrogens is 450 g/mol. The third kappa shape index (κ3) is 8.85. The number of carbonyl (C=O) groups excluding carboxylic acids is 3. The fraction of sp³-hybridized carbons (Fsp3) is 0.654. The van der Waals surface area contributed by atoms with E-state index in [9.17, 15) is 14.4 Å². The quantitative estimate of drug-likeness (QED) is 0.343. The van der Waals surface area contributed by atoms with E-state index in [1.807, 2.05) is 52.8 Å². The van der Waals surface area contributed by atoms with E-state index in [-0.39, 0.29) is 11.7 Å². The van der Waals surface area contributed by atoms with Crippen molar-refractivity contribution in [3.63, 3.8) is 0 Å². The van der Waals surface area contributed by atoms with E-state index in [0.717, 1.165) is 29.5 Å². The van der Waals surface area contributed by atoms with Crippen LogP contribution in [0.15, 0.2) is 18.2 Å². The number of hydrogen-bond donors (Lipinski definition) is 3. The third-order valence-corrected chi connectivity index (χ3v) is 5.68. The highest BCUT2D eigenvalue weighted by atomic mass is 32.1. The Morgan fingerprint density at radius 1 is 1.06 bits per heavy atom. The van der Waals surface area contributed by atoms with Gasteiger partial charge in [0, 0.05) is 17.8 Å². The molecule has 3 amide bonds. The van der Waals surface area contributed by atoms with Gasteiger partial charge >= 0.3 is 6.09 Å². The van der Waals surface area contributed by atoms with Gasteiger partial charge < -0.3 is 20.3 Å². The van der Waals surface area contributed by atoms with Gasteiger partial charge in [0.25, 0.3) is 0 Å². The van der Waals surface area contributed by atoms with Crippen molar-refractivity contribution in [2.45, 2.75) is 98.4 Å². The van der Waals surface area contributed by atoms with Gasteiger partial charge in [-0.3, -0.25) is 9.59 Å². The summed E-state index contributed by atoms with van der Waals surface area (Å²) >= 11 is 4.32. The van der Waals surface area contributed by atoms with Crippen LogP contribution in [0.4, 0.5) is 4.79 Å². The zero-order chi connectivity index (χ0) is 26.3. The maximum absolute atomic E-state index is 13.9. The number of amides is 3. The number of benzene rings is 1. The van der Waals surface area contributed by atoms with Crippen LogP contribution in [0.5, 0.6) is 0 Å². The number of aryl methyl sites for hydroxylation is 2. The van der Waals surface area contributed by atoms with Gasteiger partial charge in [0.05, 0.1) is 0 Å². The van der Waals surface area contributed by atoms with Gasteiger partial charge in [-0.2, -0.15) is 12.6 Å². The smallest absolute Gasteiger partial charge is 0.408 e. The summed E-state index contributed by atoms with van der Waals surface area (Å²) in [6.45, 7) is 17.4. The standard InChI is InChI=1S/C26H43N3O4S/c1-10-11-14-27-22(30)21(19-13-12-17(2)18(3)15-19)29(25(4,5)6)23(31)20(16-34)28-24(32)33-26(7,8)9/h12-13,15,20-21,34H,10-11,14,16H2,1-9H3,(H,27,30)(H,28,32). The predicted molar refractivity (Wildman–Crippen MR) is 140 cm³/mol. The number of nitrogens with zero attached hydrogens (tertiary/aromatic N) is 1. The van der Waals surface area contributed by atoms with Gasteiger partial charge in [-0.05, 0) is 78.5 Å². The molecule has 1 aromatic rings. The van der Waals surface area contributed by atoms with Crippen LogP contribution in [0.2, 0.25) is 0 Å². The third-order valence-electron chi connectivity index (χ3n) is 5.31. The molecule has 0 spiro atoms. The summed E-state index contributed by atoms with van der Waals surface area (Å²) in [4.78, 5) is 41.3. The zero-order valence-corrected chi connectivity index (χ0v) is 23.1. The molecule has 0 heterocycles. The number of alkyl carbamates (subject to hydrolysis) is 1. The van der Waals surface area contributed by atoms with Crippen molar-refractivity contribution in [2.24, 2.45) is 0 Å². The number of carbonyl (C=O) groups is 3. The first-order valence-corrected chi connectivity index (χ1v) is 12.5. The highest BCUT2D eigenvalue weighted by Crippen LogP contribution is 2.31. The molecule has 0 aliphatic carbocycles. The van der Waals surface area contributed by atoms with Crippen LogP contribution < -0.4 is 10.6 Å². The molecule has 34 heavy (non-hydrogen) atoms. The molecule has 1 aromatic carbocycles. The Morgan fingerprint density at radius 2 is 1.68 bits per heavy atom. The molecule has 0 aliphatic rings. The second-order valence-electron chi connectivity index (χ2n) is 10.7. The van der Waals surface area contributed by atoms with Gasteiger partial charge in [0.15, 0.2) is 0 Å². The van der Waals surface area contributed by atoms with Crippen LogP contribution in [0.3, 0.4) is 0 Å². The molecule has 0 fully saturated rings. The van der Waals surface area contributed by atoms with Crippen molar-refractivity contribution in [2.75, 3.05) is 12.3 Å². The minimum Gasteiger partial charge on any atom is -0.444 e. The van der Waals surface area contributed by atoms with Crippen molar-refractivity contribution in [3.8, 4) is 0 Å². The van der Waals surface area contributed by atoms with Crippen molar-refractivity contribution in [1.82, 2.24) is 15.5 Å². The minimum absolute atomic E-state index is 0.0573. The van der Waals surface area contributed by atoms with Gasteiger partial charge in [0.2, 0.25) is 11.8 Å². The van der Waals surface area contributed by atoms with Crippen LogP contribution in [0.25, 0.3) is 0 Å². The Bertz CT molecular complexity index is 859. The van der Waals surface area contributed by atoms with E-state index < -0.39 is 35.2 Å². The number of thiol groups is 1. The lowest BCUT2D eigenvalue weighted by molar-refractivity contribution is -0.148. The first kappa shape index (κ1) is 29.8. The molecule has 7 nitrogen and oxygen atoms in total. The fourth-order valence-corrected chi connectivity index (χ4v) is 3.73. The highest BCUT2D eigenvalue weighted by Gasteiger charge is 2.41. The molecule has 8 heteroatoms. The maximum atomic E-state index is 13.9. The average molecular weight is 494 g/mol. The lowest BCUT2D eigenvalue weighted by Crippen LogP contribution is -2.59. The number of nitrogens with one attached hydrogen (secondary N) is 2. The Hall–Kier alpha value is -2.22. The van der Waals surface area contributed by atoms with Gasteiger partial charge in [-0.25, -0.2) is 4.79 Å². The topological polar surface area (TPSA) is 87.7 Å². The van der Waals surface area contributed by atoms with E-state index in [0.29, 0.717) is 6.54 Å². The molecule has 0 saturated heterocycles. The first-order chi connectivity index (χ1) is 15.6. The monoisotopic (exact) mass is 493 g/mol. The SMILES string of the molecule is CCCCNC(=O)C(c1ccc(C)c(C)c1)N(C(=O)C(CS)NC(=O)OC(C)(C)C)C(C)(C)C. The van der Waals surface area contributed by atoms with E-state index in [1.165, 1.54) is 0 Å². The van der Waals surface area contributed by atoms with E-state index in [4.69, 9.17) is 4.74 Å². The van der Waals surface area contributed by atoms with Gasteiger partial charge in [-0.15, -0.1) is 0 Å². The molecule has 0 aromatic heterocycles. The average Bonchev–Trinajstić information content (AvgIpc) is 2.69. The summed E-state index contributed by atoms with van der Waals surface area (Å²) in [6, 6.07) is 3.95. The summed E-state index contributed by atoms with van der Waals surface area (Å²) in [6.07, 6.45) is 1.08. The molecule has 1 rings (SSSR count). The molecule has 0 bridgehead atoms. The van der Waals surface area contributed by atoms with E-state index >= 15 is 0 Å². The van der Waals surface area contributed by atoms with Crippen molar-refractivity contribution in [1.29, 1.82) is 0 Å². The van der Waals surface area contributed by atoms with Crippen molar-refractivity contribution < 1.29 is 19.1 Å². The Labute approximate surface area is 210 Å².